The molecule has 0 aliphatic carbocycles. The number of halogens is 3. The fourth-order valence-corrected chi connectivity index (χ4v) is 2.34. The van der Waals surface area contributed by atoms with E-state index < -0.39 is 17.6 Å². The summed E-state index contributed by atoms with van der Waals surface area (Å²) in [5.41, 5.74) is 1.16. The zero-order valence-corrected chi connectivity index (χ0v) is 13.5. The SMILES string of the molecule is CN(C)Cc1ccccc1CNC(=O)c1cccc(C(F)(F)F)c1. The standard InChI is InChI=1S/C18H19F3N2O/c1-23(2)12-15-7-4-3-6-14(15)11-22-17(24)13-8-5-9-16(10-13)18(19,20)21/h3-10H,11-12H2,1-2H3,(H,22,24). The molecule has 128 valence electrons. The Hall–Kier alpha value is -2.34. The lowest BCUT2D eigenvalue weighted by Gasteiger charge is -2.15. The Morgan fingerprint density at radius 2 is 1.71 bits per heavy atom. The number of amides is 1. The van der Waals surface area contributed by atoms with Crippen LogP contribution < -0.4 is 5.32 Å². The van der Waals surface area contributed by atoms with Gasteiger partial charge in [-0.1, -0.05) is 30.3 Å². The van der Waals surface area contributed by atoms with Crippen molar-refractivity contribution in [2.75, 3.05) is 14.1 Å². The van der Waals surface area contributed by atoms with Gasteiger partial charge >= 0.3 is 6.18 Å². The van der Waals surface area contributed by atoms with Gasteiger partial charge in [0.2, 0.25) is 0 Å². The van der Waals surface area contributed by atoms with Crippen molar-refractivity contribution in [2.45, 2.75) is 19.3 Å². The Kier molecular flexibility index (Phi) is 5.62. The smallest absolute Gasteiger partial charge is 0.348 e. The van der Waals surface area contributed by atoms with Crippen LogP contribution in [0, 0.1) is 0 Å². The minimum atomic E-state index is -4.46. The number of benzene rings is 2. The lowest BCUT2D eigenvalue weighted by molar-refractivity contribution is -0.137. The van der Waals surface area contributed by atoms with Crippen molar-refractivity contribution in [1.29, 1.82) is 0 Å². The molecule has 0 saturated heterocycles. The molecule has 0 fully saturated rings. The molecule has 2 aromatic carbocycles. The van der Waals surface area contributed by atoms with Crippen LogP contribution in [0.25, 0.3) is 0 Å². The maximum Gasteiger partial charge on any atom is 0.416 e. The van der Waals surface area contributed by atoms with Gasteiger partial charge in [0.25, 0.3) is 5.91 Å². The van der Waals surface area contributed by atoms with Gasteiger partial charge < -0.3 is 10.2 Å². The summed E-state index contributed by atoms with van der Waals surface area (Å²) in [6.07, 6.45) is -4.46. The molecule has 2 rings (SSSR count). The first kappa shape index (κ1) is 18.0. The van der Waals surface area contributed by atoms with Gasteiger partial charge in [-0.05, 0) is 43.4 Å². The topological polar surface area (TPSA) is 32.3 Å². The normalized spacial score (nSPS) is 11.6. The van der Waals surface area contributed by atoms with Crippen molar-refractivity contribution < 1.29 is 18.0 Å². The molecule has 0 bridgehead atoms. The zero-order valence-electron chi connectivity index (χ0n) is 13.5. The zero-order chi connectivity index (χ0) is 17.7. The molecule has 0 spiro atoms. The minimum Gasteiger partial charge on any atom is -0.348 e. The fourth-order valence-electron chi connectivity index (χ4n) is 2.34. The van der Waals surface area contributed by atoms with Crippen molar-refractivity contribution in [2.24, 2.45) is 0 Å². The van der Waals surface area contributed by atoms with E-state index in [9.17, 15) is 18.0 Å². The molecule has 2 aromatic rings. The van der Waals surface area contributed by atoms with E-state index in [1.807, 2.05) is 43.3 Å². The van der Waals surface area contributed by atoms with Gasteiger partial charge in [0, 0.05) is 18.7 Å². The number of alkyl halides is 3. The van der Waals surface area contributed by atoms with E-state index in [4.69, 9.17) is 0 Å². The number of hydrogen-bond donors (Lipinski definition) is 1. The third kappa shape index (κ3) is 4.83. The summed E-state index contributed by atoms with van der Waals surface area (Å²) in [6.45, 7) is 0.981. The van der Waals surface area contributed by atoms with Gasteiger partial charge in [0.1, 0.15) is 0 Å². The van der Waals surface area contributed by atoms with Crippen molar-refractivity contribution in [3.8, 4) is 0 Å². The second-order valence-electron chi connectivity index (χ2n) is 5.77. The summed E-state index contributed by atoms with van der Waals surface area (Å²) in [4.78, 5) is 14.1. The quantitative estimate of drug-likeness (QED) is 0.903. The summed E-state index contributed by atoms with van der Waals surface area (Å²) in [5.74, 6) is -0.527. The monoisotopic (exact) mass is 336 g/mol. The Bertz CT molecular complexity index is 711. The van der Waals surface area contributed by atoms with Crippen molar-refractivity contribution in [3.63, 3.8) is 0 Å². The van der Waals surface area contributed by atoms with Crippen molar-refractivity contribution in [1.82, 2.24) is 10.2 Å². The number of nitrogens with zero attached hydrogens (tertiary/aromatic N) is 1. The lowest BCUT2D eigenvalue weighted by Crippen LogP contribution is -2.24. The molecule has 24 heavy (non-hydrogen) atoms. The van der Waals surface area contributed by atoms with Crippen LogP contribution in [0.1, 0.15) is 27.0 Å². The largest absolute Gasteiger partial charge is 0.416 e. The van der Waals surface area contributed by atoms with Gasteiger partial charge in [-0.2, -0.15) is 13.2 Å². The van der Waals surface area contributed by atoms with Crippen molar-refractivity contribution >= 4 is 5.91 Å². The molecule has 0 aliphatic rings. The van der Waals surface area contributed by atoms with Crippen LogP contribution in [0.4, 0.5) is 13.2 Å². The van der Waals surface area contributed by atoms with E-state index >= 15 is 0 Å². The predicted molar refractivity (Wildman–Crippen MR) is 86.4 cm³/mol. The summed E-state index contributed by atoms with van der Waals surface area (Å²) in [6, 6.07) is 12.1. The molecule has 0 heterocycles. The molecule has 1 N–H and O–H groups in total. The summed E-state index contributed by atoms with van der Waals surface area (Å²) < 4.78 is 38.2. The number of hydrogen-bond acceptors (Lipinski definition) is 2. The Balaban J connectivity index is 2.09. The maximum absolute atomic E-state index is 12.7. The number of carbonyl (C=O) groups excluding carboxylic acids is 1. The fraction of sp³-hybridized carbons (Fsp3) is 0.278. The first-order valence-electron chi connectivity index (χ1n) is 7.44. The Morgan fingerprint density at radius 3 is 2.33 bits per heavy atom. The first-order chi connectivity index (χ1) is 11.3. The van der Waals surface area contributed by atoms with Gasteiger partial charge in [0.15, 0.2) is 0 Å². The first-order valence-corrected chi connectivity index (χ1v) is 7.44. The van der Waals surface area contributed by atoms with Crippen LogP contribution in [0.5, 0.6) is 0 Å². The molecule has 0 unspecified atom stereocenters. The van der Waals surface area contributed by atoms with Gasteiger partial charge in [-0.15, -0.1) is 0 Å². The van der Waals surface area contributed by atoms with E-state index in [0.29, 0.717) is 0 Å². The van der Waals surface area contributed by atoms with Crippen LogP contribution in [-0.2, 0) is 19.3 Å². The Labute approximate surface area is 139 Å². The molecule has 0 atom stereocenters. The van der Waals surface area contributed by atoms with Gasteiger partial charge in [-0.3, -0.25) is 4.79 Å². The predicted octanol–water partition coefficient (Wildman–Crippen LogP) is 3.70. The molecule has 6 heteroatoms. The summed E-state index contributed by atoms with van der Waals surface area (Å²) in [5, 5.41) is 2.68. The molecule has 0 saturated carbocycles. The molecular formula is C18H19F3N2O. The summed E-state index contributed by atoms with van der Waals surface area (Å²) in [7, 11) is 3.88. The van der Waals surface area contributed by atoms with Crippen LogP contribution in [-0.4, -0.2) is 24.9 Å². The molecule has 1 amide bonds. The Morgan fingerprint density at radius 1 is 1.04 bits per heavy atom. The number of nitrogens with one attached hydrogen (secondary N) is 1. The minimum absolute atomic E-state index is 0.00471. The highest BCUT2D eigenvalue weighted by atomic mass is 19.4. The van der Waals surface area contributed by atoms with E-state index in [1.54, 1.807) is 0 Å². The molecule has 0 aromatic heterocycles. The molecular weight excluding hydrogens is 317 g/mol. The second-order valence-corrected chi connectivity index (χ2v) is 5.77. The maximum atomic E-state index is 12.7. The highest BCUT2D eigenvalue weighted by Crippen LogP contribution is 2.29. The lowest BCUT2D eigenvalue weighted by atomic mass is 10.1. The van der Waals surface area contributed by atoms with Crippen molar-refractivity contribution in [3.05, 3.63) is 70.8 Å². The van der Waals surface area contributed by atoms with Crippen LogP contribution in [0.15, 0.2) is 48.5 Å². The highest BCUT2D eigenvalue weighted by Gasteiger charge is 2.30. The molecule has 3 nitrogen and oxygen atoms in total. The van der Waals surface area contributed by atoms with E-state index in [-0.39, 0.29) is 12.1 Å². The van der Waals surface area contributed by atoms with E-state index in [1.165, 1.54) is 12.1 Å². The van der Waals surface area contributed by atoms with Crippen LogP contribution >= 0.6 is 0 Å². The number of rotatable bonds is 5. The van der Waals surface area contributed by atoms with E-state index in [0.717, 1.165) is 29.8 Å². The second kappa shape index (κ2) is 7.49. The third-order valence-corrected chi connectivity index (χ3v) is 3.50. The van der Waals surface area contributed by atoms with Crippen LogP contribution in [0.2, 0.25) is 0 Å². The van der Waals surface area contributed by atoms with Gasteiger partial charge in [-0.25, -0.2) is 0 Å². The average molecular weight is 336 g/mol. The van der Waals surface area contributed by atoms with Gasteiger partial charge in [0.05, 0.1) is 5.56 Å². The van der Waals surface area contributed by atoms with E-state index in [2.05, 4.69) is 5.32 Å². The molecule has 0 aliphatic heterocycles. The number of carbonyl (C=O) groups is 1. The third-order valence-electron chi connectivity index (χ3n) is 3.50. The summed E-state index contributed by atoms with van der Waals surface area (Å²) >= 11 is 0. The van der Waals surface area contributed by atoms with Crippen LogP contribution in [0.3, 0.4) is 0 Å². The average Bonchev–Trinajstić information content (AvgIpc) is 2.52. The highest BCUT2D eigenvalue weighted by molar-refractivity contribution is 5.94. The molecule has 0 radical (unpaired) electrons.